The number of hydrogen-bond acceptors (Lipinski definition) is 5. The van der Waals surface area contributed by atoms with Gasteiger partial charge in [-0.3, -0.25) is 4.79 Å². The Morgan fingerprint density at radius 2 is 2.20 bits per heavy atom. The summed E-state index contributed by atoms with van der Waals surface area (Å²) in [7, 11) is 1.68. The summed E-state index contributed by atoms with van der Waals surface area (Å²) < 4.78 is 12.7. The highest BCUT2D eigenvalue weighted by Gasteiger charge is 2.28. The van der Waals surface area contributed by atoms with Gasteiger partial charge in [0, 0.05) is 37.7 Å². The van der Waals surface area contributed by atoms with Gasteiger partial charge in [-0.15, -0.1) is 0 Å². The maximum absolute atomic E-state index is 12.8. The minimum atomic E-state index is 0.130. The number of ether oxygens (including phenoxy) is 1. The molecule has 1 saturated heterocycles. The lowest BCUT2D eigenvalue weighted by atomic mass is 10.0. The molecule has 3 heterocycles. The van der Waals surface area contributed by atoms with Gasteiger partial charge in [-0.2, -0.15) is 0 Å². The van der Waals surface area contributed by atoms with Crippen molar-refractivity contribution in [2.45, 2.75) is 52.7 Å². The van der Waals surface area contributed by atoms with E-state index < -0.39 is 0 Å². The summed E-state index contributed by atoms with van der Waals surface area (Å²) in [5.74, 6) is 1.78. The third-order valence-electron chi connectivity index (χ3n) is 4.96. The van der Waals surface area contributed by atoms with Gasteiger partial charge in [0.05, 0.1) is 18.2 Å². The van der Waals surface area contributed by atoms with Crippen molar-refractivity contribution >= 4 is 5.91 Å². The summed E-state index contributed by atoms with van der Waals surface area (Å²) in [4.78, 5) is 19.2. The van der Waals surface area contributed by atoms with Gasteiger partial charge in [0.15, 0.2) is 0 Å². The van der Waals surface area contributed by atoms with Crippen molar-refractivity contribution in [1.29, 1.82) is 0 Å². The maximum Gasteiger partial charge on any atom is 0.227 e. The van der Waals surface area contributed by atoms with Crippen molar-refractivity contribution in [3.8, 4) is 0 Å². The zero-order chi connectivity index (χ0) is 18.0. The Labute approximate surface area is 148 Å². The Hall–Kier alpha value is -2.15. The quantitative estimate of drug-likeness (QED) is 0.831. The summed E-state index contributed by atoms with van der Waals surface area (Å²) in [5, 5.41) is 3.94. The third kappa shape index (κ3) is 3.61. The van der Waals surface area contributed by atoms with Crippen LogP contribution < -0.4 is 0 Å². The topological polar surface area (TPSA) is 73.4 Å². The van der Waals surface area contributed by atoms with Gasteiger partial charge < -0.3 is 18.7 Å². The van der Waals surface area contributed by atoms with Crippen molar-refractivity contribution in [1.82, 2.24) is 19.6 Å². The third-order valence-corrected chi connectivity index (χ3v) is 4.96. The van der Waals surface area contributed by atoms with Crippen LogP contribution >= 0.6 is 0 Å². The molecule has 1 fully saturated rings. The van der Waals surface area contributed by atoms with E-state index in [1.54, 1.807) is 7.11 Å². The van der Waals surface area contributed by atoms with Crippen molar-refractivity contribution in [3.05, 3.63) is 34.7 Å². The molecule has 0 aliphatic carbocycles. The second kappa shape index (κ2) is 7.39. The number of amides is 1. The van der Waals surface area contributed by atoms with Crippen LogP contribution in [-0.4, -0.2) is 45.7 Å². The van der Waals surface area contributed by atoms with Gasteiger partial charge in [0.25, 0.3) is 0 Å². The van der Waals surface area contributed by atoms with Gasteiger partial charge in [-0.05, 0) is 33.6 Å². The van der Waals surface area contributed by atoms with E-state index in [0.29, 0.717) is 19.6 Å². The van der Waals surface area contributed by atoms with Crippen LogP contribution in [0.15, 0.2) is 10.7 Å². The monoisotopic (exact) mass is 346 g/mol. The number of likely N-dealkylation sites (tertiary alicyclic amines) is 1. The minimum Gasteiger partial charge on any atom is -0.377 e. The van der Waals surface area contributed by atoms with Crippen LogP contribution in [0.1, 0.15) is 47.4 Å². The van der Waals surface area contributed by atoms with E-state index in [0.717, 1.165) is 47.9 Å². The number of aromatic nitrogens is 3. The van der Waals surface area contributed by atoms with E-state index in [4.69, 9.17) is 9.26 Å². The molecular formula is C18H26N4O3. The van der Waals surface area contributed by atoms with E-state index in [1.807, 2.05) is 24.9 Å². The molecule has 2 aromatic heterocycles. The van der Waals surface area contributed by atoms with E-state index in [9.17, 15) is 4.79 Å². The number of hydrogen-bond donors (Lipinski definition) is 0. The summed E-state index contributed by atoms with van der Waals surface area (Å²) >= 11 is 0. The molecule has 0 N–H and O–H groups in total. The smallest absolute Gasteiger partial charge is 0.227 e. The summed E-state index contributed by atoms with van der Waals surface area (Å²) in [5.41, 5.74) is 2.82. The first kappa shape index (κ1) is 17.7. The maximum atomic E-state index is 12.8. The lowest BCUT2D eigenvalue weighted by molar-refractivity contribution is -0.132. The lowest BCUT2D eigenvalue weighted by Crippen LogP contribution is -2.42. The molecule has 7 heteroatoms. The highest BCUT2D eigenvalue weighted by Crippen LogP contribution is 2.26. The first-order valence-corrected chi connectivity index (χ1v) is 8.72. The van der Waals surface area contributed by atoms with Crippen molar-refractivity contribution < 1.29 is 14.1 Å². The van der Waals surface area contributed by atoms with Crippen molar-refractivity contribution in [2.75, 3.05) is 20.2 Å². The number of methoxy groups -OCH3 is 1. The number of imidazole rings is 1. The van der Waals surface area contributed by atoms with Gasteiger partial charge in [0.1, 0.15) is 18.2 Å². The Morgan fingerprint density at radius 1 is 1.40 bits per heavy atom. The predicted octanol–water partition coefficient (Wildman–Crippen LogP) is 2.35. The minimum absolute atomic E-state index is 0.130. The molecule has 1 amide bonds. The molecule has 1 atom stereocenters. The first-order valence-electron chi connectivity index (χ1n) is 8.72. The number of aryl methyl sites for hydroxylation is 3. The van der Waals surface area contributed by atoms with Crippen molar-refractivity contribution in [2.24, 2.45) is 0 Å². The zero-order valence-corrected chi connectivity index (χ0v) is 15.4. The van der Waals surface area contributed by atoms with Crippen LogP contribution in [0.2, 0.25) is 0 Å². The standard InChI is InChI=1S/C18H26N4O3/c1-12-9-19-17(11-24-4)22(12)15-6-5-7-21(10-15)18(23)8-16-13(2)20-25-14(16)3/h9,15H,5-8,10-11H2,1-4H3. The van der Waals surface area contributed by atoms with Crippen LogP contribution in [0.5, 0.6) is 0 Å². The van der Waals surface area contributed by atoms with Crippen LogP contribution in [0.4, 0.5) is 0 Å². The number of carbonyl (C=O) groups is 1. The van der Waals surface area contributed by atoms with E-state index in [-0.39, 0.29) is 11.9 Å². The average molecular weight is 346 g/mol. The van der Waals surface area contributed by atoms with Gasteiger partial charge in [0.2, 0.25) is 5.91 Å². The fourth-order valence-electron chi connectivity index (χ4n) is 3.64. The lowest BCUT2D eigenvalue weighted by Gasteiger charge is -2.34. The Balaban J connectivity index is 1.73. The van der Waals surface area contributed by atoms with E-state index in [1.165, 1.54) is 0 Å². The van der Waals surface area contributed by atoms with Crippen LogP contribution in [0, 0.1) is 20.8 Å². The number of carbonyl (C=O) groups excluding carboxylic acids is 1. The molecule has 1 aliphatic rings. The molecule has 0 aromatic carbocycles. The molecule has 136 valence electrons. The molecular weight excluding hydrogens is 320 g/mol. The second-order valence-electron chi connectivity index (χ2n) is 6.73. The molecule has 2 aromatic rings. The summed E-state index contributed by atoms with van der Waals surface area (Å²) in [6, 6.07) is 0.245. The molecule has 1 aliphatic heterocycles. The molecule has 0 radical (unpaired) electrons. The first-order chi connectivity index (χ1) is 12.0. The fraction of sp³-hybridized carbons (Fsp3) is 0.611. The summed E-state index contributed by atoms with van der Waals surface area (Å²) in [6.07, 6.45) is 4.26. The SMILES string of the molecule is COCc1ncc(C)n1C1CCCN(C(=O)Cc2c(C)noc2C)C1. The average Bonchev–Trinajstić information content (AvgIpc) is 3.12. The van der Waals surface area contributed by atoms with Gasteiger partial charge >= 0.3 is 0 Å². The van der Waals surface area contributed by atoms with Crippen molar-refractivity contribution in [3.63, 3.8) is 0 Å². The number of nitrogens with zero attached hydrogens (tertiary/aromatic N) is 4. The van der Waals surface area contributed by atoms with Crippen LogP contribution in [0.25, 0.3) is 0 Å². The normalized spacial score (nSPS) is 17.9. The predicted molar refractivity (Wildman–Crippen MR) is 92.2 cm³/mol. The van der Waals surface area contributed by atoms with E-state index >= 15 is 0 Å². The van der Waals surface area contributed by atoms with Gasteiger partial charge in [-0.25, -0.2) is 4.98 Å². The highest BCUT2D eigenvalue weighted by atomic mass is 16.5. The van der Waals surface area contributed by atoms with Gasteiger partial charge in [-0.1, -0.05) is 5.16 Å². The fourth-order valence-corrected chi connectivity index (χ4v) is 3.64. The molecule has 0 saturated carbocycles. The molecule has 3 rings (SSSR count). The van der Waals surface area contributed by atoms with Crippen LogP contribution in [0.3, 0.4) is 0 Å². The number of rotatable bonds is 5. The Bertz CT molecular complexity index is 730. The Kier molecular flexibility index (Phi) is 5.22. The molecule has 0 spiro atoms. The number of piperidine rings is 1. The zero-order valence-electron chi connectivity index (χ0n) is 15.4. The molecule has 0 bridgehead atoms. The highest BCUT2D eigenvalue weighted by molar-refractivity contribution is 5.79. The molecule has 25 heavy (non-hydrogen) atoms. The molecule has 1 unspecified atom stereocenters. The second-order valence-corrected chi connectivity index (χ2v) is 6.73. The molecule has 7 nitrogen and oxygen atoms in total. The summed E-state index contributed by atoms with van der Waals surface area (Å²) in [6.45, 7) is 7.77. The Morgan fingerprint density at radius 3 is 2.88 bits per heavy atom. The largest absolute Gasteiger partial charge is 0.377 e. The van der Waals surface area contributed by atoms with E-state index in [2.05, 4.69) is 21.6 Å². The van der Waals surface area contributed by atoms with Crippen LogP contribution in [-0.2, 0) is 22.6 Å².